The Kier molecular flexibility index (Phi) is 4.90. The topological polar surface area (TPSA) is 46.5 Å². The molecule has 0 amide bonds. The molecular weight excluding hydrogens is 156 g/mol. The molecule has 0 fully saturated rings. The fourth-order valence-corrected chi connectivity index (χ4v) is 0.757. The molecule has 0 aliphatic heterocycles. The average molecular weight is 174 g/mol. The molecule has 0 aliphatic carbocycles. The van der Waals surface area contributed by atoms with Crippen LogP contribution in [0.2, 0.25) is 0 Å². The van der Waals surface area contributed by atoms with Crippen LogP contribution in [-0.4, -0.2) is 23.3 Å². The predicted octanol–water partition coefficient (Wildman–Crippen LogP) is 2.06. The quantitative estimate of drug-likeness (QED) is 0.627. The molecule has 0 aromatic heterocycles. The summed E-state index contributed by atoms with van der Waals surface area (Å²) >= 11 is 0. The summed E-state index contributed by atoms with van der Waals surface area (Å²) in [6, 6.07) is 0. The third-order valence-corrected chi connectivity index (χ3v) is 2.05. The maximum atomic E-state index is 10.7. The van der Waals surface area contributed by atoms with Crippen LogP contribution in [0.3, 0.4) is 0 Å². The Balaban J connectivity index is 3.88. The van der Waals surface area contributed by atoms with E-state index in [2.05, 4.69) is 0 Å². The van der Waals surface area contributed by atoms with Gasteiger partial charge in [0.2, 0.25) is 0 Å². The smallest absolute Gasteiger partial charge is 0.335 e. The van der Waals surface area contributed by atoms with E-state index in [-0.39, 0.29) is 0 Å². The van der Waals surface area contributed by atoms with E-state index >= 15 is 0 Å². The lowest BCUT2D eigenvalue weighted by Gasteiger charge is -2.23. The summed E-state index contributed by atoms with van der Waals surface area (Å²) in [5.41, 5.74) is -0.991. The lowest BCUT2D eigenvalue weighted by atomic mass is 10.0. The standard InChI is InChI=1S/C9H18O3/c1-4-6-7-12-9(3,5-2)8(10)11/h4-7H2,1-3H3,(H,10,11). The number of unbranched alkanes of at least 4 members (excludes halogenated alkanes) is 1. The Morgan fingerprint density at radius 1 is 1.50 bits per heavy atom. The fraction of sp³-hybridized carbons (Fsp3) is 0.889. The van der Waals surface area contributed by atoms with Gasteiger partial charge in [-0.2, -0.15) is 0 Å². The van der Waals surface area contributed by atoms with Crippen LogP contribution in [0.5, 0.6) is 0 Å². The number of rotatable bonds is 6. The summed E-state index contributed by atoms with van der Waals surface area (Å²) in [7, 11) is 0. The molecule has 0 aromatic rings. The van der Waals surface area contributed by atoms with Crippen molar-refractivity contribution in [3.63, 3.8) is 0 Å². The lowest BCUT2D eigenvalue weighted by molar-refractivity contribution is -0.164. The van der Waals surface area contributed by atoms with Crippen molar-refractivity contribution in [3.8, 4) is 0 Å². The SMILES string of the molecule is CCCCOC(C)(CC)C(=O)O. The summed E-state index contributed by atoms with van der Waals surface area (Å²) < 4.78 is 5.28. The van der Waals surface area contributed by atoms with Crippen molar-refractivity contribution in [2.45, 2.75) is 45.6 Å². The number of hydrogen-bond acceptors (Lipinski definition) is 2. The monoisotopic (exact) mass is 174 g/mol. The molecule has 1 N–H and O–H groups in total. The first kappa shape index (κ1) is 11.4. The number of carboxylic acid groups (broad SMARTS) is 1. The molecule has 0 aliphatic rings. The van der Waals surface area contributed by atoms with Crippen LogP contribution >= 0.6 is 0 Å². The van der Waals surface area contributed by atoms with Crippen molar-refractivity contribution in [2.75, 3.05) is 6.61 Å². The van der Waals surface area contributed by atoms with E-state index in [1.807, 2.05) is 13.8 Å². The van der Waals surface area contributed by atoms with Crippen LogP contribution in [0.15, 0.2) is 0 Å². The molecule has 1 unspecified atom stereocenters. The van der Waals surface area contributed by atoms with Gasteiger partial charge < -0.3 is 9.84 Å². The van der Waals surface area contributed by atoms with Gasteiger partial charge in [-0.1, -0.05) is 20.3 Å². The van der Waals surface area contributed by atoms with Crippen molar-refractivity contribution in [3.05, 3.63) is 0 Å². The van der Waals surface area contributed by atoms with Crippen molar-refractivity contribution >= 4 is 5.97 Å². The fourth-order valence-electron chi connectivity index (χ4n) is 0.757. The third-order valence-electron chi connectivity index (χ3n) is 2.05. The van der Waals surface area contributed by atoms with Gasteiger partial charge in [-0.05, 0) is 19.8 Å². The summed E-state index contributed by atoms with van der Waals surface area (Å²) in [6.07, 6.45) is 2.45. The third kappa shape index (κ3) is 3.22. The average Bonchev–Trinajstić information content (AvgIpc) is 2.04. The summed E-state index contributed by atoms with van der Waals surface area (Å²) in [4.78, 5) is 10.7. The van der Waals surface area contributed by atoms with E-state index in [9.17, 15) is 4.79 Å². The summed E-state index contributed by atoms with van der Waals surface area (Å²) in [5.74, 6) is -0.874. The number of aliphatic carboxylic acids is 1. The molecule has 0 aromatic carbocycles. The molecule has 3 heteroatoms. The van der Waals surface area contributed by atoms with Crippen LogP contribution < -0.4 is 0 Å². The molecule has 0 saturated heterocycles. The highest BCUT2D eigenvalue weighted by atomic mass is 16.5. The van der Waals surface area contributed by atoms with Crippen LogP contribution in [0, 0.1) is 0 Å². The second-order valence-electron chi connectivity index (χ2n) is 3.09. The maximum absolute atomic E-state index is 10.7. The Labute approximate surface area is 73.7 Å². The van der Waals surface area contributed by atoms with Crippen LogP contribution in [-0.2, 0) is 9.53 Å². The highest BCUT2D eigenvalue weighted by Gasteiger charge is 2.31. The Bertz CT molecular complexity index is 145. The Morgan fingerprint density at radius 3 is 2.42 bits per heavy atom. The molecule has 0 spiro atoms. The minimum atomic E-state index is -0.991. The van der Waals surface area contributed by atoms with Crippen molar-refractivity contribution in [1.29, 1.82) is 0 Å². The zero-order valence-electron chi connectivity index (χ0n) is 8.09. The molecule has 3 nitrogen and oxygen atoms in total. The Morgan fingerprint density at radius 2 is 2.08 bits per heavy atom. The van der Waals surface area contributed by atoms with Crippen LogP contribution in [0.1, 0.15) is 40.0 Å². The van der Waals surface area contributed by atoms with Crippen molar-refractivity contribution in [1.82, 2.24) is 0 Å². The summed E-state index contributed by atoms with van der Waals surface area (Å²) in [5, 5.41) is 8.81. The minimum Gasteiger partial charge on any atom is -0.479 e. The van der Waals surface area contributed by atoms with E-state index in [1.54, 1.807) is 6.92 Å². The molecular formula is C9H18O3. The highest BCUT2D eigenvalue weighted by molar-refractivity contribution is 5.76. The normalized spacial score (nSPS) is 15.6. The molecule has 0 rings (SSSR count). The van der Waals surface area contributed by atoms with Gasteiger partial charge in [-0.15, -0.1) is 0 Å². The van der Waals surface area contributed by atoms with Crippen molar-refractivity contribution in [2.24, 2.45) is 0 Å². The van der Waals surface area contributed by atoms with Gasteiger partial charge in [0.05, 0.1) is 0 Å². The molecule has 1 atom stereocenters. The molecule has 0 heterocycles. The number of carboxylic acids is 1. The minimum absolute atomic E-state index is 0.506. The molecule has 0 radical (unpaired) electrons. The van der Waals surface area contributed by atoms with Gasteiger partial charge in [0, 0.05) is 6.61 Å². The maximum Gasteiger partial charge on any atom is 0.335 e. The zero-order valence-corrected chi connectivity index (χ0v) is 8.09. The first-order valence-corrected chi connectivity index (χ1v) is 4.44. The summed E-state index contributed by atoms with van der Waals surface area (Å²) in [6.45, 7) is 6.02. The second kappa shape index (κ2) is 5.14. The number of hydrogen-bond donors (Lipinski definition) is 1. The molecule has 12 heavy (non-hydrogen) atoms. The van der Waals surface area contributed by atoms with Gasteiger partial charge in [0.15, 0.2) is 5.60 Å². The first-order valence-electron chi connectivity index (χ1n) is 4.44. The van der Waals surface area contributed by atoms with E-state index in [0.717, 1.165) is 12.8 Å². The van der Waals surface area contributed by atoms with E-state index in [0.29, 0.717) is 13.0 Å². The van der Waals surface area contributed by atoms with Crippen molar-refractivity contribution < 1.29 is 14.6 Å². The Hall–Kier alpha value is -0.570. The van der Waals surface area contributed by atoms with E-state index in [4.69, 9.17) is 9.84 Å². The molecule has 0 saturated carbocycles. The van der Waals surface area contributed by atoms with Gasteiger partial charge in [-0.3, -0.25) is 0 Å². The van der Waals surface area contributed by atoms with E-state index in [1.165, 1.54) is 0 Å². The highest BCUT2D eigenvalue weighted by Crippen LogP contribution is 2.15. The van der Waals surface area contributed by atoms with Gasteiger partial charge >= 0.3 is 5.97 Å². The first-order chi connectivity index (χ1) is 5.56. The lowest BCUT2D eigenvalue weighted by Crippen LogP contribution is -2.37. The second-order valence-corrected chi connectivity index (χ2v) is 3.09. The van der Waals surface area contributed by atoms with Crippen LogP contribution in [0.4, 0.5) is 0 Å². The van der Waals surface area contributed by atoms with Crippen LogP contribution in [0.25, 0.3) is 0 Å². The van der Waals surface area contributed by atoms with E-state index < -0.39 is 11.6 Å². The predicted molar refractivity (Wildman–Crippen MR) is 47.2 cm³/mol. The van der Waals surface area contributed by atoms with Gasteiger partial charge in [0.1, 0.15) is 0 Å². The molecule has 0 bridgehead atoms. The largest absolute Gasteiger partial charge is 0.479 e. The van der Waals surface area contributed by atoms with Gasteiger partial charge in [-0.25, -0.2) is 4.79 Å². The zero-order chi connectivity index (χ0) is 9.61. The van der Waals surface area contributed by atoms with Gasteiger partial charge in [0.25, 0.3) is 0 Å². The molecule has 72 valence electrons. The number of ether oxygens (including phenoxy) is 1. The number of carbonyl (C=O) groups is 1.